The Bertz CT molecular complexity index is 503. The summed E-state index contributed by atoms with van der Waals surface area (Å²) >= 11 is 3.32. The van der Waals surface area contributed by atoms with E-state index >= 15 is 0 Å². The maximum atomic E-state index is 10.4. The van der Waals surface area contributed by atoms with Crippen LogP contribution in [0.4, 0.5) is 0 Å². The Kier molecular flexibility index (Phi) is 4.17. The van der Waals surface area contributed by atoms with Gasteiger partial charge in [-0.1, -0.05) is 0 Å². The normalized spacial score (nSPS) is 14.7. The van der Waals surface area contributed by atoms with Gasteiger partial charge in [-0.3, -0.25) is 0 Å². The fourth-order valence-corrected chi connectivity index (χ4v) is 3.52. The summed E-state index contributed by atoms with van der Waals surface area (Å²) in [7, 11) is 0. The van der Waals surface area contributed by atoms with Crippen LogP contribution in [0.2, 0.25) is 0 Å². The van der Waals surface area contributed by atoms with E-state index in [0.717, 1.165) is 22.8 Å². The lowest BCUT2D eigenvalue weighted by molar-refractivity contribution is 0.0571. The first-order chi connectivity index (χ1) is 8.49. The Morgan fingerprint density at radius 1 is 1.44 bits per heavy atom. The van der Waals surface area contributed by atoms with Crippen LogP contribution >= 0.6 is 22.7 Å². The Hall–Kier alpha value is -0.750. The molecule has 2 rings (SSSR count). The molecule has 2 heterocycles. The fraction of sp³-hybridized carbons (Fsp3) is 0.462. The van der Waals surface area contributed by atoms with Crippen LogP contribution in [0.25, 0.3) is 0 Å². The van der Waals surface area contributed by atoms with Gasteiger partial charge in [0.05, 0.1) is 16.3 Å². The number of thiophene rings is 1. The molecular weight excluding hydrogens is 264 g/mol. The molecule has 0 radical (unpaired) electrons. The van der Waals surface area contributed by atoms with E-state index in [1.807, 2.05) is 37.6 Å². The van der Waals surface area contributed by atoms with Crippen LogP contribution in [0.1, 0.15) is 28.1 Å². The van der Waals surface area contributed by atoms with Crippen LogP contribution in [0.3, 0.4) is 0 Å². The van der Waals surface area contributed by atoms with E-state index in [1.165, 1.54) is 4.88 Å². The molecule has 0 saturated heterocycles. The summed E-state index contributed by atoms with van der Waals surface area (Å²) in [5.74, 6) is 0. The first kappa shape index (κ1) is 13.7. The molecule has 2 N–H and O–H groups in total. The molecule has 2 aromatic rings. The second-order valence-corrected chi connectivity index (χ2v) is 6.70. The van der Waals surface area contributed by atoms with E-state index in [-0.39, 0.29) is 0 Å². The number of nitrogens with zero attached hydrogens (tertiary/aromatic N) is 1. The molecule has 1 unspecified atom stereocenters. The maximum absolute atomic E-state index is 10.4. The van der Waals surface area contributed by atoms with Crippen LogP contribution in [0, 0.1) is 13.8 Å². The molecule has 0 amide bonds. The minimum absolute atomic E-state index is 0.542. The predicted octanol–water partition coefficient (Wildman–Crippen LogP) is 2.82. The molecule has 1 atom stereocenters. The molecular formula is C13H18N2OS2. The summed E-state index contributed by atoms with van der Waals surface area (Å²) < 4.78 is 0. The first-order valence-electron chi connectivity index (χ1n) is 5.88. The Morgan fingerprint density at radius 2 is 2.22 bits per heavy atom. The van der Waals surface area contributed by atoms with Gasteiger partial charge in [0, 0.05) is 18.0 Å². The highest BCUT2D eigenvalue weighted by Crippen LogP contribution is 2.22. The number of nitrogens with one attached hydrogen (secondary N) is 1. The summed E-state index contributed by atoms with van der Waals surface area (Å²) in [5, 5.41) is 18.7. The summed E-state index contributed by atoms with van der Waals surface area (Å²) in [5.41, 5.74) is 1.24. The van der Waals surface area contributed by atoms with E-state index in [0.29, 0.717) is 6.54 Å². The van der Waals surface area contributed by atoms with Crippen molar-refractivity contribution in [3.63, 3.8) is 0 Å². The molecule has 3 nitrogen and oxygen atoms in total. The molecule has 5 heteroatoms. The number of hydrogen-bond donors (Lipinski definition) is 2. The van der Waals surface area contributed by atoms with E-state index in [4.69, 9.17) is 0 Å². The smallest absolute Gasteiger partial charge is 0.1000 e. The number of aliphatic hydroxyl groups is 1. The van der Waals surface area contributed by atoms with E-state index in [1.54, 1.807) is 22.7 Å². The number of thiazole rings is 1. The van der Waals surface area contributed by atoms with Crippen LogP contribution in [0.5, 0.6) is 0 Å². The lowest BCUT2D eigenvalue weighted by atomic mass is 9.99. The average Bonchev–Trinajstić information content (AvgIpc) is 2.89. The van der Waals surface area contributed by atoms with Crippen molar-refractivity contribution >= 4 is 22.7 Å². The van der Waals surface area contributed by atoms with Crippen molar-refractivity contribution < 1.29 is 5.11 Å². The minimum Gasteiger partial charge on any atom is -0.384 e. The highest BCUT2D eigenvalue weighted by molar-refractivity contribution is 7.11. The van der Waals surface area contributed by atoms with Gasteiger partial charge in [0.2, 0.25) is 0 Å². The SMILES string of the molecule is Cc1nc(C)c(CNCC(C)(O)c2ccsc2)s1. The molecule has 2 aromatic heterocycles. The van der Waals surface area contributed by atoms with Crippen molar-refractivity contribution in [3.8, 4) is 0 Å². The van der Waals surface area contributed by atoms with Gasteiger partial charge in [0.15, 0.2) is 0 Å². The van der Waals surface area contributed by atoms with Crippen molar-refractivity contribution in [2.24, 2.45) is 0 Å². The van der Waals surface area contributed by atoms with Crippen molar-refractivity contribution in [1.29, 1.82) is 0 Å². The Labute approximate surface area is 116 Å². The van der Waals surface area contributed by atoms with Crippen LogP contribution in [0.15, 0.2) is 16.8 Å². The van der Waals surface area contributed by atoms with E-state index < -0.39 is 5.60 Å². The molecule has 0 aliphatic rings. The largest absolute Gasteiger partial charge is 0.384 e. The molecule has 0 aliphatic heterocycles. The molecule has 0 saturated carbocycles. The zero-order chi connectivity index (χ0) is 13.2. The third kappa shape index (κ3) is 3.17. The third-order valence-electron chi connectivity index (χ3n) is 2.90. The molecule has 0 aliphatic carbocycles. The Morgan fingerprint density at radius 3 is 2.78 bits per heavy atom. The second kappa shape index (κ2) is 5.48. The van der Waals surface area contributed by atoms with Gasteiger partial charge < -0.3 is 10.4 Å². The van der Waals surface area contributed by atoms with Gasteiger partial charge in [-0.2, -0.15) is 11.3 Å². The van der Waals surface area contributed by atoms with Crippen molar-refractivity contribution in [2.75, 3.05) is 6.54 Å². The molecule has 98 valence electrons. The number of hydrogen-bond acceptors (Lipinski definition) is 5. The maximum Gasteiger partial charge on any atom is 0.1000 e. The highest BCUT2D eigenvalue weighted by Gasteiger charge is 2.22. The van der Waals surface area contributed by atoms with Crippen LogP contribution < -0.4 is 5.32 Å². The average molecular weight is 282 g/mol. The van der Waals surface area contributed by atoms with Crippen LogP contribution in [-0.2, 0) is 12.1 Å². The number of aryl methyl sites for hydroxylation is 2. The monoisotopic (exact) mass is 282 g/mol. The zero-order valence-electron chi connectivity index (χ0n) is 10.9. The minimum atomic E-state index is -0.812. The summed E-state index contributed by atoms with van der Waals surface area (Å²) in [6.45, 7) is 7.19. The lowest BCUT2D eigenvalue weighted by Crippen LogP contribution is -2.34. The van der Waals surface area contributed by atoms with Gasteiger partial charge in [-0.25, -0.2) is 4.98 Å². The molecule has 18 heavy (non-hydrogen) atoms. The standard InChI is InChI=1S/C13H18N2OS2/c1-9-12(18-10(2)15-9)6-14-8-13(3,16)11-4-5-17-7-11/h4-5,7,14,16H,6,8H2,1-3H3. The summed E-state index contributed by atoms with van der Waals surface area (Å²) in [4.78, 5) is 5.64. The first-order valence-corrected chi connectivity index (χ1v) is 7.63. The van der Waals surface area contributed by atoms with E-state index in [2.05, 4.69) is 10.3 Å². The van der Waals surface area contributed by atoms with Gasteiger partial charge >= 0.3 is 0 Å². The lowest BCUT2D eigenvalue weighted by Gasteiger charge is -2.22. The van der Waals surface area contributed by atoms with Crippen molar-refractivity contribution in [2.45, 2.75) is 32.9 Å². The van der Waals surface area contributed by atoms with Gasteiger partial charge in [0.1, 0.15) is 0 Å². The predicted molar refractivity (Wildman–Crippen MR) is 77.2 cm³/mol. The quantitative estimate of drug-likeness (QED) is 0.886. The molecule has 0 fully saturated rings. The van der Waals surface area contributed by atoms with Crippen molar-refractivity contribution in [3.05, 3.63) is 38.0 Å². The molecule has 0 spiro atoms. The summed E-state index contributed by atoms with van der Waals surface area (Å²) in [6.07, 6.45) is 0. The topological polar surface area (TPSA) is 45.2 Å². The molecule has 0 bridgehead atoms. The number of rotatable bonds is 5. The molecule has 0 aromatic carbocycles. The fourth-order valence-electron chi connectivity index (χ4n) is 1.83. The van der Waals surface area contributed by atoms with Gasteiger partial charge in [-0.05, 0) is 43.2 Å². The Balaban J connectivity index is 1.91. The second-order valence-electron chi connectivity index (χ2n) is 4.63. The van der Waals surface area contributed by atoms with Crippen molar-refractivity contribution in [1.82, 2.24) is 10.3 Å². The van der Waals surface area contributed by atoms with E-state index in [9.17, 15) is 5.11 Å². The zero-order valence-corrected chi connectivity index (χ0v) is 12.5. The van der Waals surface area contributed by atoms with Gasteiger partial charge in [-0.15, -0.1) is 11.3 Å². The van der Waals surface area contributed by atoms with Crippen LogP contribution in [-0.4, -0.2) is 16.6 Å². The third-order valence-corrected chi connectivity index (χ3v) is 4.65. The highest BCUT2D eigenvalue weighted by atomic mass is 32.1. The number of aromatic nitrogens is 1. The summed E-state index contributed by atoms with van der Waals surface area (Å²) in [6, 6.07) is 1.97. The van der Waals surface area contributed by atoms with Gasteiger partial charge in [0.25, 0.3) is 0 Å².